The van der Waals surface area contributed by atoms with Gasteiger partial charge in [0.2, 0.25) is 0 Å². The Morgan fingerprint density at radius 1 is 1.50 bits per heavy atom. The summed E-state index contributed by atoms with van der Waals surface area (Å²) in [5.74, 6) is 0.302. The number of aliphatic hydroxyl groups excluding tert-OH is 1. The van der Waals surface area contributed by atoms with Gasteiger partial charge in [0.25, 0.3) is 0 Å². The highest BCUT2D eigenvalue weighted by Gasteiger charge is 2.11. The summed E-state index contributed by atoms with van der Waals surface area (Å²) in [6.07, 6.45) is 5.95. The van der Waals surface area contributed by atoms with E-state index < -0.39 is 0 Å². The van der Waals surface area contributed by atoms with Crippen molar-refractivity contribution in [3.63, 3.8) is 0 Å². The van der Waals surface area contributed by atoms with Crippen LogP contribution in [0.3, 0.4) is 0 Å². The highest BCUT2D eigenvalue weighted by molar-refractivity contribution is 5.13. The van der Waals surface area contributed by atoms with Gasteiger partial charge in [0.05, 0.1) is 0 Å². The first-order valence-corrected chi connectivity index (χ1v) is 6.02. The Hall–Kier alpha value is -0.930. The third-order valence-electron chi connectivity index (χ3n) is 2.69. The topological polar surface area (TPSA) is 45.1 Å². The van der Waals surface area contributed by atoms with Crippen molar-refractivity contribution >= 4 is 0 Å². The van der Waals surface area contributed by atoms with Crippen LogP contribution in [-0.2, 0) is 0 Å². The molecule has 16 heavy (non-hydrogen) atoms. The van der Waals surface area contributed by atoms with Crippen molar-refractivity contribution in [2.24, 2.45) is 5.92 Å². The average molecular weight is 222 g/mol. The number of aliphatic hydroxyl groups is 1. The Morgan fingerprint density at radius 2 is 2.31 bits per heavy atom. The fourth-order valence-corrected chi connectivity index (χ4v) is 1.67. The third-order valence-corrected chi connectivity index (χ3v) is 2.69. The molecule has 1 heterocycles. The summed E-state index contributed by atoms with van der Waals surface area (Å²) >= 11 is 0. The van der Waals surface area contributed by atoms with Crippen LogP contribution in [0.1, 0.15) is 38.3 Å². The maximum Gasteiger partial charge on any atom is 0.0468 e. The molecule has 2 atom stereocenters. The zero-order chi connectivity index (χ0) is 11.8. The first-order chi connectivity index (χ1) is 7.77. The van der Waals surface area contributed by atoms with Gasteiger partial charge in [-0.25, -0.2) is 0 Å². The van der Waals surface area contributed by atoms with Crippen molar-refractivity contribution in [2.45, 2.75) is 32.7 Å². The quantitative estimate of drug-likeness (QED) is 0.743. The molecule has 0 aliphatic heterocycles. The van der Waals surface area contributed by atoms with E-state index in [1.54, 1.807) is 6.20 Å². The lowest BCUT2D eigenvalue weighted by Gasteiger charge is -2.20. The summed E-state index contributed by atoms with van der Waals surface area (Å²) in [4.78, 5) is 4.15. The van der Waals surface area contributed by atoms with Gasteiger partial charge in [-0.2, -0.15) is 0 Å². The molecule has 0 aliphatic rings. The van der Waals surface area contributed by atoms with Gasteiger partial charge in [-0.05, 0) is 24.0 Å². The van der Waals surface area contributed by atoms with Crippen molar-refractivity contribution in [2.75, 3.05) is 13.2 Å². The van der Waals surface area contributed by atoms with Gasteiger partial charge in [0.15, 0.2) is 0 Å². The van der Waals surface area contributed by atoms with Gasteiger partial charge < -0.3 is 10.4 Å². The van der Waals surface area contributed by atoms with E-state index in [1.165, 1.54) is 5.56 Å². The van der Waals surface area contributed by atoms with E-state index in [4.69, 9.17) is 5.11 Å². The molecule has 0 bridgehead atoms. The van der Waals surface area contributed by atoms with E-state index in [2.05, 4.69) is 23.3 Å². The van der Waals surface area contributed by atoms with Crippen LogP contribution in [0, 0.1) is 5.92 Å². The van der Waals surface area contributed by atoms with Crippen molar-refractivity contribution in [3.8, 4) is 0 Å². The highest BCUT2D eigenvalue weighted by Crippen LogP contribution is 2.17. The molecule has 2 N–H and O–H groups in total. The monoisotopic (exact) mass is 222 g/mol. The minimum atomic E-state index is 0.235. The maximum absolute atomic E-state index is 9.00. The Labute approximate surface area is 97.9 Å². The molecule has 0 fully saturated rings. The van der Waals surface area contributed by atoms with Crippen LogP contribution in [-0.4, -0.2) is 23.2 Å². The summed E-state index contributed by atoms with van der Waals surface area (Å²) in [5, 5.41) is 12.5. The lowest BCUT2D eigenvalue weighted by molar-refractivity contribution is 0.229. The Kier molecular flexibility index (Phi) is 6.04. The fraction of sp³-hybridized carbons (Fsp3) is 0.615. The SMILES string of the molecule is CCCC(NCC(C)CO)c1cccnc1. The third kappa shape index (κ3) is 4.29. The van der Waals surface area contributed by atoms with E-state index in [0.717, 1.165) is 19.4 Å². The van der Waals surface area contributed by atoms with Crippen LogP contribution in [0.25, 0.3) is 0 Å². The summed E-state index contributed by atoms with van der Waals surface area (Å²) in [7, 11) is 0. The maximum atomic E-state index is 9.00. The lowest BCUT2D eigenvalue weighted by Crippen LogP contribution is -2.27. The summed E-state index contributed by atoms with van der Waals surface area (Å²) < 4.78 is 0. The first-order valence-electron chi connectivity index (χ1n) is 6.02. The van der Waals surface area contributed by atoms with Crippen LogP contribution < -0.4 is 5.32 Å². The molecule has 0 radical (unpaired) electrons. The van der Waals surface area contributed by atoms with Crippen LogP contribution in [0.2, 0.25) is 0 Å². The molecule has 90 valence electrons. The molecular weight excluding hydrogens is 200 g/mol. The summed E-state index contributed by atoms with van der Waals surface area (Å²) in [6.45, 7) is 5.30. The lowest BCUT2D eigenvalue weighted by atomic mass is 10.0. The zero-order valence-corrected chi connectivity index (χ0v) is 10.2. The average Bonchev–Trinajstić information content (AvgIpc) is 2.35. The van der Waals surface area contributed by atoms with Crippen molar-refractivity contribution in [1.29, 1.82) is 0 Å². The minimum absolute atomic E-state index is 0.235. The number of nitrogens with zero attached hydrogens (tertiary/aromatic N) is 1. The molecule has 0 spiro atoms. The van der Waals surface area contributed by atoms with Crippen molar-refractivity contribution < 1.29 is 5.11 Å². The van der Waals surface area contributed by atoms with Crippen LogP contribution in [0.5, 0.6) is 0 Å². The second-order valence-corrected chi connectivity index (χ2v) is 4.32. The molecule has 0 aliphatic carbocycles. The number of pyridine rings is 1. The number of aromatic nitrogens is 1. The molecule has 1 rings (SSSR count). The zero-order valence-electron chi connectivity index (χ0n) is 10.2. The Balaban J connectivity index is 2.54. The van der Waals surface area contributed by atoms with Crippen LogP contribution in [0.4, 0.5) is 0 Å². The second kappa shape index (κ2) is 7.36. The molecule has 1 aromatic heterocycles. The van der Waals surface area contributed by atoms with Gasteiger partial charge in [-0.3, -0.25) is 4.98 Å². The Morgan fingerprint density at radius 3 is 2.88 bits per heavy atom. The largest absolute Gasteiger partial charge is 0.396 e. The fourth-order valence-electron chi connectivity index (χ4n) is 1.67. The normalized spacial score (nSPS) is 14.7. The second-order valence-electron chi connectivity index (χ2n) is 4.32. The molecule has 0 saturated heterocycles. The first kappa shape index (κ1) is 13.1. The van der Waals surface area contributed by atoms with Crippen molar-refractivity contribution in [1.82, 2.24) is 10.3 Å². The number of hydrogen-bond donors (Lipinski definition) is 2. The molecule has 3 heteroatoms. The van der Waals surface area contributed by atoms with Gasteiger partial charge in [-0.15, -0.1) is 0 Å². The summed E-state index contributed by atoms with van der Waals surface area (Å²) in [5.41, 5.74) is 1.23. The number of hydrogen-bond acceptors (Lipinski definition) is 3. The highest BCUT2D eigenvalue weighted by atomic mass is 16.3. The standard InChI is InChI=1S/C13H22N2O/c1-3-5-13(15-8-11(2)10-16)12-6-4-7-14-9-12/h4,6-7,9,11,13,15-16H,3,5,8,10H2,1-2H3. The minimum Gasteiger partial charge on any atom is -0.396 e. The van der Waals surface area contributed by atoms with E-state index in [1.807, 2.05) is 19.2 Å². The van der Waals surface area contributed by atoms with Crippen LogP contribution >= 0.6 is 0 Å². The molecule has 0 saturated carbocycles. The van der Waals surface area contributed by atoms with Gasteiger partial charge in [0.1, 0.15) is 0 Å². The van der Waals surface area contributed by atoms with E-state index in [9.17, 15) is 0 Å². The molecule has 0 aromatic carbocycles. The molecule has 0 amide bonds. The molecule has 3 nitrogen and oxygen atoms in total. The van der Waals surface area contributed by atoms with E-state index in [-0.39, 0.29) is 6.61 Å². The molecule has 1 aromatic rings. The van der Waals surface area contributed by atoms with Gasteiger partial charge >= 0.3 is 0 Å². The number of rotatable bonds is 7. The molecule has 2 unspecified atom stereocenters. The molecular formula is C13H22N2O. The van der Waals surface area contributed by atoms with E-state index in [0.29, 0.717) is 12.0 Å². The summed E-state index contributed by atoms with van der Waals surface area (Å²) in [6, 6.07) is 4.42. The predicted octanol–water partition coefficient (Wildman–Crippen LogP) is 2.14. The van der Waals surface area contributed by atoms with Gasteiger partial charge in [0, 0.05) is 31.6 Å². The van der Waals surface area contributed by atoms with Gasteiger partial charge in [-0.1, -0.05) is 26.3 Å². The predicted molar refractivity (Wildman–Crippen MR) is 66.1 cm³/mol. The number of nitrogens with one attached hydrogen (secondary N) is 1. The van der Waals surface area contributed by atoms with Crippen molar-refractivity contribution in [3.05, 3.63) is 30.1 Å². The Bertz CT molecular complexity index is 277. The van der Waals surface area contributed by atoms with Crippen LogP contribution in [0.15, 0.2) is 24.5 Å². The van der Waals surface area contributed by atoms with E-state index >= 15 is 0 Å². The smallest absolute Gasteiger partial charge is 0.0468 e.